The first-order valence-corrected chi connectivity index (χ1v) is 28.7. The smallest absolute Gasteiger partial charge is 0.497 e. The van der Waals surface area contributed by atoms with Crippen molar-refractivity contribution in [3.8, 4) is 17.2 Å². The molecule has 9 rings (SSSR count). The molecule has 0 spiro atoms. The van der Waals surface area contributed by atoms with E-state index in [9.17, 15) is 9.59 Å². The molecular weight excluding hydrogens is 1060 g/mol. The minimum absolute atomic E-state index is 0.118. The first-order valence-electron chi connectivity index (χ1n) is 21.9. The predicted octanol–water partition coefficient (Wildman–Crippen LogP) is 14.1. The van der Waals surface area contributed by atoms with Gasteiger partial charge in [-0.15, -0.1) is 0 Å². The van der Waals surface area contributed by atoms with Gasteiger partial charge in [0.1, 0.15) is 29.3 Å². The Bertz CT molecular complexity index is 3050. The lowest BCUT2D eigenvalue weighted by Crippen LogP contribution is -2.38. The van der Waals surface area contributed by atoms with Crippen molar-refractivity contribution >= 4 is 123 Å². The summed E-state index contributed by atoms with van der Waals surface area (Å²) >= 11 is 23.8. The summed E-state index contributed by atoms with van der Waals surface area (Å²) in [4.78, 5) is 38.9. The van der Waals surface area contributed by atoms with E-state index in [-0.39, 0.29) is 11.8 Å². The number of aliphatic imine (C=N–C) groups is 2. The number of halogens is 7. The molecule has 71 heavy (non-hydrogen) atoms. The van der Waals surface area contributed by atoms with Crippen molar-refractivity contribution in [2.45, 2.75) is 31.5 Å². The Kier molecular flexibility index (Phi) is 19.2. The first-order chi connectivity index (χ1) is 34.2. The number of hydrogen-bond acceptors (Lipinski definition) is 7. The summed E-state index contributed by atoms with van der Waals surface area (Å²) in [5.41, 5.74) is 8.78. The molecule has 1 N–H and O–H groups in total. The molecule has 0 saturated heterocycles. The third kappa shape index (κ3) is 14.1. The average Bonchev–Trinajstić information content (AvgIpc) is 3.57. The number of methoxy groups -OCH3 is 3. The van der Waals surface area contributed by atoms with Gasteiger partial charge in [0.25, 0.3) is 5.91 Å². The van der Waals surface area contributed by atoms with E-state index in [2.05, 4.69) is 5.32 Å². The highest BCUT2D eigenvalue weighted by atomic mass is 35.8. The maximum Gasteiger partial charge on any atom is 0.643 e. The van der Waals surface area contributed by atoms with Gasteiger partial charge in [-0.2, -0.15) is 0 Å². The van der Waals surface area contributed by atoms with Crippen LogP contribution in [0.3, 0.4) is 0 Å². The molecule has 0 aliphatic carbocycles. The fourth-order valence-corrected chi connectivity index (χ4v) is 8.65. The molecule has 0 saturated carbocycles. The second-order valence-electron chi connectivity index (χ2n) is 15.9. The second-order valence-corrected chi connectivity index (χ2v) is 24.0. The number of hydrogen-bond donors (Lipinski definition) is 1. The molecule has 7 aromatic rings. The molecule has 2 heterocycles. The van der Waals surface area contributed by atoms with Gasteiger partial charge in [-0.25, -0.2) is 30.1 Å². The molecule has 0 aromatic heterocycles. The lowest BCUT2D eigenvalue weighted by molar-refractivity contribution is -0.120. The number of ether oxygens (including phenoxy) is 3. The van der Waals surface area contributed by atoms with Crippen molar-refractivity contribution in [2.24, 2.45) is 9.98 Å². The number of nitrogens with one attached hydrogen (secondary N) is 1. The van der Waals surface area contributed by atoms with Gasteiger partial charge in [-0.05, 0) is 126 Å². The van der Waals surface area contributed by atoms with Crippen LogP contribution in [-0.4, -0.2) is 68.0 Å². The molecular formula is C54H44AlCl7N4O5. The third-order valence-electron chi connectivity index (χ3n) is 11.4. The summed E-state index contributed by atoms with van der Waals surface area (Å²) < 4.78 is 15.9. The van der Waals surface area contributed by atoms with Crippen LogP contribution in [0.2, 0.25) is 20.1 Å². The van der Waals surface area contributed by atoms with E-state index in [0.29, 0.717) is 56.6 Å². The minimum atomic E-state index is -1.72. The number of benzene rings is 7. The molecule has 362 valence electrons. The molecule has 2 atom stereocenters. The van der Waals surface area contributed by atoms with Crippen LogP contribution in [0.5, 0.6) is 17.2 Å². The number of nitrogens with zero attached hydrogens (tertiary/aromatic N) is 3. The molecule has 2 aliphatic heterocycles. The number of carbonyl (C=O) groups excluding carboxylic acids is 2. The lowest BCUT2D eigenvalue weighted by atomic mass is 9.99. The van der Waals surface area contributed by atoms with Crippen LogP contribution in [0.15, 0.2) is 168 Å². The minimum Gasteiger partial charge on any atom is -0.497 e. The summed E-state index contributed by atoms with van der Waals surface area (Å²) in [6, 6.07) is 47.6. The zero-order valence-electron chi connectivity index (χ0n) is 38.4. The molecule has 0 fully saturated rings. The zero-order chi connectivity index (χ0) is 50.6. The van der Waals surface area contributed by atoms with Gasteiger partial charge >= 0.3 is 11.4 Å². The van der Waals surface area contributed by atoms with Gasteiger partial charge < -0.3 is 24.4 Å². The summed E-state index contributed by atoms with van der Waals surface area (Å²) in [6.07, 6.45) is 0.756. The number of amides is 2. The van der Waals surface area contributed by atoms with E-state index in [1.165, 1.54) is 0 Å². The van der Waals surface area contributed by atoms with Crippen LogP contribution in [0.1, 0.15) is 38.9 Å². The van der Waals surface area contributed by atoms with Gasteiger partial charge in [0.05, 0.1) is 50.7 Å². The topological polar surface area (TPSA) is 102 Å². The molecule has 0 bridgehead atoms. The number of carbonyl (C=O) groups is 2. The van der Waals surface area contributed by atoms with Gasteiger partial charge in [-0.1, -0.05) is 94.9 Å². The predicted molar refractivity (Wildman–Crippen MR) is 294 cm³/mol. The van der Waals surface area contributed by atoms with Crippen molar-refractivity contribution in [3.05, 3.63) is 217 Å². The van der Waals surface area contributed by atoms with Crippen molar-refractivity contribution in [2.75, 3.05) is 31.5 Å². The van der Waals surface area contributed by atoms with Crippen LogP contribution >= 0.6 is 76.6 Å². The van der Waals surface area contributed by atoms with Crippen molar-refractivity contribution < 1.29 is 23.8 Å². The molecule has 2 amide bonds. The Morgan fingerprint density at radius 2 is 0.986 bits per heavy atom. The Labute approximate surface area is 449 Å². The quantitative estimate of drug-likeness (QED) is 0.130. The normalized spacial score (nSPS) is 14.8. The lowest BCUT2D eigenvalue weighted by Gasteiger charge is -2.26. The zero-order valence-corrected chi connectivity index (χ0v) is 44.8. The Morgan fingerprint density at radius 1 is 0.549 bits per heavy atom. The average molecular weight is 1100 g/mol. The Morgan fingerprint density at radius 3 is 1.49 bits per heavy atom. The maximum absolute atomic E-state index is 14.2. The molecule has 2 unspecified atom stereocenters. The molecule has 2 aliphatic rings. The number of rotatable bonds is 11. The van der Waals surface area contributed by atoms with Crippen LogP contribution in [0.25, 0.3) is 0 Å². The van der Waals surface area contributed by atoms with Crippen molar-refractivity contribution in [3.63, 3.8) is 0 Å². The highest BCUT2D eigenvalue weighted by molar-refractivity contribution is 7.54. The fraction of sp³-hybridized carbons (Fsp3) is 0.148. The SMILES string of the molecule is COc1ccc(C2=NC(Cc3ccccc3Cl)C(=O)Nc3ccc(Cl)cc32)cc1.COc1ccc(CN2C(=O)C(Cc3ccccc3Cl)N=C(c3ccc(OC)cc3)c3cc(Cl)ccc32)cc1.[Cl][Al]([Cl])[Cl]. The van der Waals surface area contributed by atoms with Crippen LogP contribution in [0, 0.1) is 0 Å². The van der Waals surface area contributed by atoms with Gasteiger partial charge in [0.15, 0.2) is 0 Å². The third-order valence-corrected chi connectivity index (χ3v) is 12.6. The fourth-order valence-electron chi connectivity index (χ4n) is 7.88. The molecule has 7 aromatic carbocycles. The molecule has 17 heteroatoms. The summed E-state index contributed by atoms with van der Waals surface area (Å²) in [5, 5.41) is 5.34. The summed E-state index contributed by atoms with van der Waals surface area (Å²) in [5.74, 6) is 1.94. The summed E-state index contributed by atoms with van der Waals surface area (Å²) in [7, 11) is 19.7. The van der Waals surface area contributed by atoms with E-state index in [4.69, 9.17) is 101 Å². The maximum atomic E-state index is 14.2. The number of anilines is 2. The Balaban J connectivity index is 0.000000200. The standard InChI is InChI=1S/C31H26Cl2N2O3.C23H18Cl2N2O2.Al.3ClH/c1-37-24-12-7-20(8-13-24)19-35-29-16-11-23(32)18-26(29)30(21-9-14-25(38-2)15-10-21)34-28(31(35)36)17-22-5-3-4-6-27(22)33;1-29-17-9-6-14(7-10-17)22-18-13-16(24)8-11-20(18)27-23(28)21(26-22)12-15-4-2-3-5-19(15)25;;;;/h3-16,18,28H,17,19H2,1-2H3;2-11,13,21H,12H2,1H3,(H,27,28);;3*1H/q;;+3;;;/p-3. The van der Waals surface area contributed by atoms with Gasteiger partial charge in [0, 0.05) is 55.2 Å². The molecule has 9 nitrogen and oxygen atoms in total. The largest absolute Gasteiger partial charge is 0.643 e. The van der Waals surface area contributed by atoms with E-state index in [1.807, 2.05) is 140 Å². The Hall–Kier alpha value is -5.22. The monoisotopic (exact) mass is 1100 g/mol. The number of fused-ring (bicyclic) bond motifs is 2. The van der Waals surface area contributed by atoms with Crippen LogP contribution in [-0.2, 0) is 29.0 Å². The summed E-state index contributed by atoms with van der Waals surface area (Å²) in [6.45, 7) is 0.363. The number of benzodiazepines with no additional fused rings is 2. The van der Waals surface area contributed by atoms with E-state index >= 15 is 0 Å². The second kappa shape index (κ2) is 25.4. The molecule has 0 radical (unpaired) electrons. The van der Waals surface area contributed by atoms with Crippen LogP contribution < -0.4 is 24.4 Å². The highest BCUT2D eigenvalue weighted by Gasteiger charge is 2.33. The van der Waals surface area contributed by atoms with Crippen molar-refractivity contribution in [1.29, 1.82) is 0 Å². The van der Waals surface area contributed by atoms with E-state index in [0.717, 1.165) is 61.9 Å². The first kappa shape index (κ1) is 53.6. The van der Waals surface area contributed by atoms with E-state index < -0.39 is 23.5 Å². The van der Waals surface area contributed by atoms with Gasteiger partial charge in [-0.3, -0.25) is 19.6 Å². The highest BCUT2D eigenvalue weighted by Crippen LogP contribution is 2.35. The van der Waals surface area contributed by atoms with Gasteiger partial charge in [0.2, 0.25) is 5.91 Å². The van der Waals surface area contributed by atoms with Crippen LogP contribution in [0.4, 0.5) is 11.4 Å². The van der Waals surface area contributed by atoms with E-state index in [1.54, 1.807) is 44.4 Å². The van der Waals surface area contributed by atoms with Crippen molar-refractivity contribution in [1.82, 2.24) is 0 Å².